The molecule has 1 atom stereocenters. The number of carbonyl (C=O) groups is 1. The van der Waals surface area contributed by atoms with Crippen LogP contribution < -0.4 is 14.9 Å². The highest BCUT2D eigenvalue weighted by atomic mass is 35.5. The molecule has 0 unspecified atom stereocenters. The largest absolute Gasteiger partial charge is 0.463 e. The van der Waals surface area contributed by atoms with Gasteiger partial charge in [-0.3, -0.25) is 9.36 Å². The third-order valence-corrected chi connectivity index (χ3v) is 7.99. The number of ether oxygens (including phenoxy) is 1. The average Bonchev–Trinajstić information content (AvgIpc) is 3.34. The number of benzene rings is 2. The smallest absolute Gasteiger partial charge is 0.338 e. The molecule has 2 aromatic carbocycles. The van der Waals surface area contributed by atoms with Gasteiger partial charge in [0.05, 0.1) is 28.5 Å². The predicted molar refractivity (Wildman–Crippen MR) is 152 cm³/mol. The Morgan fingerprint density at radius 2 is 1.76 bits per heavy atom. The molecule has 5 rings (SSSR count). The van der Waals surface area contributed by atoms with E-state index in [1.165, 1.54) is 16.9 Å². The molecule has 1 aliphatic heterocycles. The number of hydrogen-bond donors (Lipinski definition) is 0. The van der Waals surface area contributed by atoms with Gasteiger partial charge in [-0.25, -0.2) is 9.79 Å². The number of allylic oxidation sites excluding steroid dienone is 1. The van der Waals surface area contributed by atoms with Gasteiger partial charge < -0.3 is 9.30 Å². The Morgan fingerprint density at radius 1 is 1.08 bits per heavy atom. The molecule has 3 heterocycles. The fraction of sp³-hybridized carbons (Fsp3) is 0.233. The van der Waals surface area contributed by atoms with Gasteiger partial charge in [0, 0.05) is 22.1 Å². The van der Waals surface area contributed by atoms with Gasteiger partial charge in [-0.1, -0.05) is 52.8 Å². The molecule has 4 aromatic rings. The van der Waals surface area contributed by atoms with Gasteiger partial charge in [0.15, 0.2) is 4.80 Å². The molecule has 2 aromatic heterocycles. The molecule has 0 amide bonds. The summed E-state index contributed by atoms with van der Waals surface area (Å²) < 4.78 is 9.68. The van der Waals surface area contributed by atoms with Gasteiger partial charge in [-0.15, -0.1) is 0 Å². The fourth-order valence-corrected chi connectivity index (χ4v) is 6.08. The summed E-state index contributed by atoms with van der Waals surface area (Å²) in [5.74, 6) is -0.482. The summed E-state index contributed by atoms with van der Waals surface area (Å²) in [5, 5.41) is 0.573. The molecule has 8 heteroatoms. The normalized spacial score (nSPS) is 15.4. The summed E-state index contributed by atoms with van der Waals surface area (Å²) in [6.07, 6.45) is 1.92. The number of hydrogen-bond acceptors (Lipinski definition) is 5. The molecule has 0 radical (unpaired) electrons. The number of thiazole rings is 1. The van der Waals surface area contributed by atoms with Crippen molar-refractivity contribution >= 4 is 35.0 Å². The summed E-state index contributed by atoms with van der Waals surface area (Å²) in [6.45, 7) is 9.94. The molecule has 1 aliphatic rings. The summed E-state index contributed by atoms with van der Waals surface area (Å²) in [5.41, 5.74) is 6.78. The van der Waals surface area contributed by atoms with Crippen molar-refractivity contribution in [1.82, 2.24) is 9.13 Å². The zero-order chi connectivity index (χ0) is 27.1. The van der Waals surface area contributed by atoms with Crippen LogP contribution in [0.15, 0.2) is 75.7 Å². The number of halogens is 1. The Kier molecular flexibility index (Phi) is 6.99. The second-order valence-electron chi connectivity index (χ2n) is 9.35. The van der Waals surface area contributed by atoms with Crippen LogP contribution in [0.3, 0.4) is 0 Å². The number of aromatic nitrogens is 2. The van der Waals surface area contributed by atoms with Crippen molar-refractivity contribution < 1.29 is 9.53 Å². The molecule has 0 spiro atoms. The minimum atomic E-state index is -0.662. The van der Waals surface area contributed by atoms with Crippen molar-refractivity contribution in [3.8, 4) is 5.69 Å². The zero-order valence-electron chi connectivity index (χ0n) is 21.9. The molecular formula is C30H28ClN3O3S. The molecule has 0 aliphatic carbocycles. The van der Waals surface area contributed by atoms with Crippen LogP contribution in [0.1, 0.15) is 48.0 Å². The SMILES string of the molecule is CCOC(=O)C1=C(C)N=c2s/c(=C/c3cc(C)n(-c4ccc(C)cc4)c3C)c(=O)n2[C@H]1c1ccc(Cl)cc1. The summed E-state index contributed by atoms with van der Waals surface area (Å²) in [7, 11) is 0. The quantitative estimate of drug-likeness (QED) is 0.325. The van der Waals surface area contributed by atoms with Crippen LogP contribution in [0.5, 0.6) is 0 Å². The maximum absolute atomic E-state index is 13.9. The first kappa shape index (κ1) is 25.9. The molecule has 38 heavy (non-hydrogen) atoms. The van der Waals surface area contributed by atoms with Gasteiger partial charge in [-0.2, -0.15) is 0 Å². The predicted octanol–water partition coefficient (Wildman–Crippen LogP) is 5.17. The first-order chi connectivity index (χ1) is 18.2. The molecule has 0 bridgehead atoms. The second kappa shape index (κ2) is 10.2. The monoisotopic (exact) mass is 545 g/mol. The number of rotatable bonds is 5. The number of esters is 1. The second-order valence-corrected chi connectivity index (χ2v) is 10.8. The van der Waals surface area contributed by atoms with E-state index >= 15 is 0 Å². The molecule has 0 fully saturated rings. The topological polar surface area (TPSA) is 65.6 Å². The minimum absolute atomic E-state index is 0.205. The molecule has 0 N–H and O–H groups in total. The van der Waals surface area contributed by atoms with Crippen molar-refractivity contribution in [2.75, 3.05) is 6.61 Å². The first-order valence-electron chi connectivity index (χ1n) is 12.4. The van der Waals surface area contributed by atoms with Gasteiger partial charge in [0.25, 0.3) is 5.56 Å². The van der Waals surface area contributed by atoms with Crippen molar-refractivity contribution in [2.45, 2.75) is 40.7 Å². The summed E-state index contributed by atoms with van der Waals surface area (Å²) in [4.78, 5) is 32.1. The van der Waals surface area contributed by atoms with Crippen LogP contribution in [0, 0.1) is 20.8 Å². The van der Waals surface area contributed by atoms with E-state index in [2.05, 4.69) is 60.7 Å². The van der Waals surface area contributed by atoms with Crippen LogP contribution >= 0.6 is 22.9 Å². The van der Waals surface area contributed by atoms with E-state index in [-0.39, 0.29) is 12.2 Å². The van der Waals surface area contributed by atoms with E-state index in [1.807, 2.05) is 18.2 Å². The number of nitrogens with zero attached hydrogens (tertiary/aromatic N) is 3. The van der Waals surface area contributed by atoms with Crippen LogP contribution in [0.4, 0.5) is 0 Å². The average molecular weight is 546 g/mol. The fourth-order valence-electron chi connectivity index (χ4n) is 4.92. The highest BCUT2D eigenvalue weighted by molar-refractivity contribution is 7.07. The first-order valence-corrected chi connectivity index (χ1v) is 13.6. The molecular weight excluding hydrogens is 518 g/mol. The standard InChI is InChI=1S/C30H28ClN3O3S/c1-6-37-29(36)26-19(4)32-30-34(27(26)21-9-11-23(31)12-10-21)28(35)25(38-30)16-22-15-18(3)33(20(22)5)24-13-7-17(2)8-14-24/h7-16,27H,6H2,1-5H3/b25-16+/t27-/m0/s1. The number of carbonyl (C=O) groups excluding carboxylic acids is 1. The van der Waals surface area contributed by atoms with E-state index in [9.17, 15) is 9.59 Å². The van der Waals surface area contributed by atoms with Crippen molar-refractivity contribution in [3.63, 3.8) is 0 Å². The van der Waals surface area contributed by atoms with Gasteiger partial charge >= 0.3 is 5.97 Å². The lowest BCUT2D eigenvalue weighted by molar-refractivity contribution is -0.139. The molecule has 0 saturated heterocycles. The van der Waals surface area contributed by atoms with Crippen molar-refractivity contribution in [1.29, 1.82) is 0 Å². The van der Waals surface area contributed by atoms with E-state index < -0.39 is 12.0 Å². The minimum Gasteiger partial charge on any atom is -0.463 e. The lowest BCUT2D eigenvalue weighted by Crippen LogP contribution is -2.39. The third-order valence-electron chi connectivity index (χ3n) is 6.75. The maximum Gasteiger partial charge on any atom is 0.338 e. The van der Waals surface area contributed by atoms with Crippen LogP contribution in [-0.4, -0.2) is 21.7 Å². The Labute approximate surface area is 229 Å². The van der Waals surface area contributed by atoms with E-state index in [1.54, 1.807) is 30.5 Å². The number of aryl methyl sites for hydroxylation is 2. The van der Waals surface area contributed by atoms with Gasteiger partial charge in [0.2, 0.25) is 0 Å². The zero-order valence-corrected chi connectivity index (χ0v) is 23.5. The molecule has 6 nitrogen and oxygen atoms in total. The van der Waals surface area contributed by atoms with Gasteiger partial charge in [0.1, 0.15) is 0 Å². The van der Waals surface area contributed by atoms with Crippen LogP contribution in [0.2, 0.25) is 5.02 Å². The third kappa shape index (κ3) is 4.57. The van der Waals surface area contributed by atoms with Crippen LogP contribution in [-0.2, 0) is 9.53 Å². The Morgan fingerprint density at radius 3 is 2.42 bits per heavy atom. The summed E-state index contributed by atoms with van der Waals surface area (Å²) in [6, 6.07) is 17.0. The van der Waals surface area contributed by atoms with Crippen molar-refractivity contribution in [3.05, 3.63) is 119 Å². The van der Waals surface area contributed by atoms with E-state index in [0.29, 0.717) is 25.6 Å². The lowest BCUT2D eigenvalue weighted by atomic mass is 9.96. The highest BCUT2D eigenvalue weighted by Gasteiger charge is 2.33. The highest BCUT2D eigenvalue weighted by Crippen LogP contribution is 2.31. The summed E-state index contributed by atoms with van der Waals surface area (Å²) >= 11 is 7.46. The number of fused-ring (bicyclic) bond motifs is 1. The lowest BCUT2D eigenvalue weighted by Gasteiger charge is -2.24. The van der Waals surface area contributed by atoms with Gasteiger partial charge in [-0.05, 0) is 82.2 Å². The van der Waals surface area contributed by atoms with Crippen LogP contribution in [0.25, 0.3) is 11.8 Å². The Bertz CT molecular complexity index is 1760. The maximum atomic E-state index is 13.9. The van der Waals surface area contributed by atoms with E-state index in [0.717, 1.165) is 28.2 Å². The molecule has 194 valence electrons. The van der Waals surface area contributed by atoms with E-state index in [4.69, 9.17) is 16.3 Å². The van der Waals surface area contributed by atoms with Crippen molar-refractivity contribution in [2.24, 2.45) is 4.99 Å². The Balaban J connectivity index is 1.68. The molecule has 0 saturated carbocycles. The Hall–Kier alpha value is -3.68.